The minimum Gasteiger partial charge on any atom is -0.508 e. The molecule has 2 aromatic carbocycles. The van der Waals surface area contributed by atoms with Gasteiger partial charge in [0.25, 0.3) is 0 Å². The monoisotopic (exact) mass is 212 g/mol. The summed E-state index contributed by atoms with van der Waals surface area (Å²) in [6.45, 7) is 2.01. The number of aryl methyl sites for hydroxylation is 1. The lowest BCUT2D eigenvalue weighted by molar-refractivity contribution is 0.475. The summed E-state index contributed by atoms with van der Waals surface area (Å²) in [5.74, 6) is 0.231. The molecule has 0 aliphatic heterocycles. The van der Waals surface area contributed by atoms with Crippen molar-refractivity contribution in [1.82, 2.24) is 0 Å². The van der Waals surface area contributed by atoms with Crippen LogP contribution in [0.25, 0.3) is 0 Å². The van der Waals surface area contributed by atoms with Crippen LogP contribution in [-0.4, -0.2) is 5.11 Å². The minimum atomic E-state index is 0.231. The second-order valence-electron chi connectivity index (χ2n) is 3.56. The van der Waals surface area contributed by atoms with Crippen LogP contribution in [0.1, 0.15) is 5.56 Å². The Balaban J connectivity index is 2.18. The van der Waals surface area contributed by atoms with Crippen molar-refractivity contribution in [1.29, 1.82) is 0 Å². The van der Waals surface area contributed by atoms with Crippen molar-refractivity contribution < 1.29 is 5.11 Å². The fourth-order valence-electron chi connectivity index (χ4n) is 1.32. The maximum absolute atomic E-state index is 9.11. The molecule has 0 heterocycles. The number of azo groups is 1. The fourth-order valence-corrected chi connectivity index (χ4v) is 1.32. The van der Waals surface area contributed by atoms with Crippen LogP contribution in [0.4, 0.5) is 11.4 Å². The predicted octanol–water partition coefficient (Wildman–Crippen LogP) is 4.12. The van der Waals surface area contributed by atoms with Gasteiger partial charge < -0.3 is 5.11 Å². The normalized spacial score (nSPS) is 10.8. The Labute approximate surface area is 94.1 Å². The van der Waals surface area contributed by atoms with E-state index < -0.39 is 0 Å². The van der Waals surface area contributed by atoms with E-state index in [4.69, 9.17) is 5.11 Å². The molecular weight excluding hydrogens is 200 g/mol. The molecule has 1 N–H and O–H groups in total. The molecule has 2 rings (SSSR count). The zero-order valence-corrected chi connectivity index (χ0v) is 8.96. The number of nitrogens with zero attached hydrogens (tertiary/aromatic N) is 2. The van der Waals surface area contributed by atoms with Gasteiger partial charge in [0.1, 0.15) is 5.75 Å². The first-order valence-corrected chi connectivity index (χ1v) is 5.01. The summed E-state index contributed by atoms with van der Waals surface area (Å²) in [6, 6.07) is 14.4. The van der Waals surface area contributed by atoms with Crippen molar-refractivity contribution in [2.45, 2.75) is 6.92 Å². The molecule has 0 atom stereocenters. The smallest absolute Gasteiger partial charge is 0.115 e. The van der Waals surface area contributed by atoms with E-state index >= 15 is 0 Å². The average molecular weight is 212 g/mol. The van der Waals surface area contributed by atoms with Gasteiger partial charge in [-0.3, -0.25) is 0 Å². The van der Waals surface area contributed by atoms with E-state index in [2.05, 4.69) is 10.2 Å². The zero-order chi connectivity index (χ0) is 11.4. The molecule has 0 aromatic heterocycles. The Morgan fingerprint density at radius 2 is 1.56 bits per heavy atom. The van der Waals surface area contributed by atoms with Crippen LogP contribution in [0.5, 0.6) is 5.75 Å². The van der Waals surface area contributed by atoms with Crippen LogP contribution in [0.3, 0.4) is 0 Å². The van der Waals surface area contributed by atoms with E-state index in [-0.39, 0.29) is 5.75 Å². The molecular formula is C13H12N2O. The molecule has 0 saturated carbocycles. The summed E-state index contributed by atoms with van der Waals surface area (Å²) in [4.78, 5) is 0. The van der Waals surface area contributed by atoms with E-state index in [9.17, 15) is 0 Å². The van der Waals surface area contributed by atoms with Crippen molar-refractivity contribution in [3.8, 4) is 5.75 Å². The third-order valence-electron chi connectivity index (χ3n) is 2.13. The number of hydrogen-bond acceptors (Lipinski definition) is 3. The number of hydrogen-bond donors (Lipinski definition) is 1. The number of rotatable bonds is 2. The first-order valence-electron chi connectivity index (χ1n) is 5.01. The Bertz CT molecular complexity index is 504. The third kappa shape index (κ3) is 2.67. The van der Waals surface area contributed by atoms with Gasteiger partial charge in [-0.15, -0.1) is 0 Å². The second kappa shape index (κ2) is 4.57. The summed E-state index contributed by atoms with van der Waals surface area (Å²) >= 11 is 0. The van der Waals surface area contributed by atoms with Crippen LogP contribution < -0.4 is 0 Å². The van der Waals surface area contributed by atoms with E-state index in [1.165, 1.54) is 0 Å². The van der Waals surface area contributed by atoms with E-state index in [1.807, 2.05) is 31.2 Å². The molecule has 0 saturated heterocycles. The van der Waals surface area contributed by atoms with Crippen LogP contribution in [-0.2, 0) is 0 Å². The highest BCUT2D eigenvalue weighted by Crippen LogP contribution is 2.20. The topological polar surface area (TPSA) is 45.0 Å². The molecule has 3 heteroatoms. The molecule has 16 heavy (non-hydrogen) atoms. The molecule has 0 aliphatic rings. The highest BCUT2D eigenvalue weighted by molar-refractivity contribution is 5.43. The first kappa shape index (κ1) is 10.4. The quantitative estimate of drug-likeness (QED) is 0.748. The van der Waals surface area contributed by atoms with Gasteiger partial charge in [0.15, 0.2) is 0 Å². The SMILES string of the molecule is Cc1cccc(/N=N/c2ccc(O)cc2)c1. The molecule has 3 nitrogen and oxygen atoms in total. The largest absolute Gasteiger partial charge is 0.508 e. The van der Waals surface area contributed by atoms with Crippen LogP contribution in [0.15, 0.2) is 58.8 Å². The van der Waals surface area contributed by atoms with Gasteiger partial charge in [-0.2, -0.15) is 10.2 Å². The summed E-state index contributed by atoms with van der Waals surface area (Å²) in [5.41, 5.74) is 2.70. The van der Waals surface area contributed by atoms with Crippen LogP contribution in [0, 0.1) is 6.92 Å². The Kier molecular flexibility index (Phi) is 2.96. The van der Waals surface area contributed by atoms with E-state index in [0.717, 1.165) is 16.9 Å². The van der Waals surface area contributed by atoms with Gasteiger partial charge in [-0.25, -0.2) is 0 Å². The summed E-state index contributed by atoms with van der Waals surface area (Å²) in [7, 11) is 0. The maximum Gasteiger partial charge on any atom is 0.115 e. The highest BCUT2D eigenvalue weighted by Gasteiger charge is 1.91. The van der Waals surface area contributed by atoms with Gasteiger partial charge in [0.05, 0.1) is 11.4 Å². The summed E-state index contributed by atoms with van der Waals surface area (Å²) in [6.07, 6.45) is 0. The lowest BCUT2D eigenvalue weighted by atomic mass is 10.2. The number of phenols is 1. The van der Waals surface area contributed by atoms with Crippen molar-refractivity contribution in [2.75, 3.05) is 0 Å². The average Bonchev–Trinajstić information content (AvgIpc) is 2.28. The van der Waals surface area contributed by atoms with Gasteiger partial charge in [0, 0.05) is 0 Å². The Morgan fingerprint density at radius 3 is 2.25 bits per heavy atom. The third-order valence-corrected chi connectivity index (χ3v) is 2.13. The lowest BCUT2D eigenvalue weighted by Gasteiger charge is -1.95. The standard InChI is InChI=1S/C13H12N2O/c1-10-3-2-4-12(9-10)15-14-11-5-7-13(16)8-6-11/h2-9,16H,1H3/b15-14+. The fraction of sp³-hybridized carbons (Fsp3) is 0.0769. The minimum absolute atomic E-state index is 0.231. The summed E-state index contributed by atoms with van der Waals surface area (Å²) < 4.78 is 0. The van der Waals surface area contributed by atoms with E-state index in [1.54, 1.807) is 24.3 Å². The zero-order valence-electron chi connectivity index (χ0n) is 8.96. The van der Waals surface area contributed by atoms with Crippen molar-refractivity contribution >= 4 is 11.4 Å². The molecule has 0 unspecified atom stereocenters. The van der Waals surface area contributed by atoms with Crippen molar-refractivity contribution in [3.63, 3.8) is 0 Å². The molecule has 2 aromatic rings. The van der Waals surface area contributed by atoms with Gasteiger partial charge in [-0.05, 0) is 48.9 Å². The molecule has 0 bridgehead atoms. The van der Waals surface area contributed by atoms with E-state index in [0.29, 0.717) is 0 Å². The van der Waals surface area contributed by atoms with Crippen molar-refractivity contribution in [2.24, 2.45) is 10.2 Å². The van der Waals surface area contributed by atoms with Crippen LogP contribution in [0.2, 0.25) is 0 Å². The molecule has 0 spiro atoms. The van der Waals surface area contributed by atoms with Gasteiger partial charge >= 0.3 is 0 Å². The number of phenolic OH excluding ortho intramolecular Hbond substituents is 1. The number of benzene rings is 2. The molecule has 0 fully saturated rings. The highest BCUT2D eigenvalue weighted by atomic mass is 16.3. The second-order valence-corrected chi connectivity index (χ2v) is 3.56. The molecule has 0 amide bonds. The Morgan fingerprint density at radius 1 is 0.875 bits per heavy atom. The number of aromatic hydroxyl groups is 1. The predicted molar refractivity (Wildman–Crippen MR) is 63.5 cm³/mol. The molecule has 80 valence electrons. The van der Waals surface area contributed by atoms with Crippen LogP contribution >= 0.6 is 0 Å². The lowest BCUT2D eigenvalue weighted by Crippen LogP contribution is -1.69. The maximum atomic E-state index is 9.11. The Hall–Kier alpha value is -2.16. The van der Waals surface area contributed by atoms with Gasteiger partial charge in [0.2, 0.25) is 0 Å². The summed E-state index contributed by atoms with van der Waals surface area (Å²) in [5, 5.41) is 17.3. The molecule has 0 aliphatic carbocycles. The van der Waals surface area contributed by atoms with Gasteiger partial charge in [-0.1, -0.05) is 12.1 Å². The molecule has 0 radical (unpaired) electrons. The first-order chi connectivity index (χ1) is 7.74. The van der Waals surface area contributed by atoms with Crippen molar-refractivity contribution in [3.05, 3.63) is 54.1 Å².